The molecular weight excluding hydrogens is 146 g/mol. The van der Waals surface area contributed by atoms with Gasteiger partial charge in [-0.2, -0.15) is 0 Å². The first kappa shape index (κ1) is 10.4. The summed E-state index contributed by atoms with van der Waals surface area (Å²) in [6.45, 7) is 1.99. The van der Waals surface area contributed by atoms with Gasteiger partial charge in [-0.25, -0.2) is 4.79 Å². The third kappa shape index (κ3) is 3.95. The molecule has 0 saturated heterocycles. The SMILES string of the molecule is CCCCC(N)C(O)C(=O)O. The van der Waals surface area contributed by atoms with Gasteiger partial charge in [0, 0.05) is 6.04 Å². The van der Waals surface area contributed by atoms with Crippen LogP contribution in [0.25, 0.3) is 0 Å². The molecule has 0 aliphatic heterocycles. The van der Waals surface area contributed by atoms with Crippen LogP contribution in [0.1, 0.15) is 26.2 Å². The summed E-state index contributed by atoms with van der Waals surface area (Å²) in [6, 6.07) is -0.632. The maximum atomic E-state index is 10.2. The molecule has 0 saturated carbocycles. The molecule has 0 fully saturated rings. The third-order valence-electron chi connectivity index (χ3n) is 1.55. The topological polar surface area (TPSA) is 83.5 Å². The standard InChI is InChI=1S/C7H15NO3/c1-2-3-4-5(8)6(9)7(10)11/h5-6,9H,2-4,8H2,1H3,(H,10,11). The fourth-order valence-corrected chi connectivity index (χ4v) is 0.781. The minimum Gasteiger partial charge on any atom is -0.479 e. The number of hydrogen-bond donors (Lipinski definition) is 3. The Kier molecular flexibility index (Phi) is 4.81. The van der Waals surface area contributed by atoms with Gasteiger partial charge in [0.15, 0.2) is 6.10 Å². The Labute approximate surface area is 66.0 Å². The van der Waals surface area contributed by atoms with Gasteiger partial charge >= 0.3 is 5.97 Å². The minimum atomic E-state index is -1.42. The van der Waals surface area contributed by atoms with Crippen molar-refractivity contribution in [3.05, 3.63) is 0 Å². The van der Waals surface area contributed by atoms with E-state index in [4.69, 9.17) is 15.9 Å². The summed E-state index contributed by atoms with van der Waals surface area (Å²) in [7, 11) is 0. The van der Waals surface area contributed by atoms with Crippen LogP contribution in [0.4, 0.5) is 0 Å². The van der Waals surface area contributed by atoms with Gasteiger partial charge in [0.2, 0.25) is 0 Å². The Morgan fingerprint density at radius 3 is 2.55 bits per heavy atom. The van der Waals surface area contributed by atoms with Crippen molar-refractivity contribution in [2.75, 3.05) is 0 Å². The van der Waals surface area contributed by atoms with E-state index in [1.165, 1.54) is 0 Å². The van der Waals surface area contributed by atoms with E-state index in [-0.39, 0.29) is 0 Å². The Bertz CT molecular complexity index is 127. The van der Waals surface area contributed by atoms with Crippen molar-refractivity contribution >= 4 is 5.97 Å². The van der Waals surface area contributed by atoms with Crippen LogP contribution in [0.3, 0.4) is 0 Å². The second-order valence-electron chi connectivity index (χ2n) is 2.59. The minimum absolute atomic E-state index is 0.559. The summed E-state index contributed by atoms with van der Waals surface area (Å²) in [5, 5.41) is 17.2. The normalized spacial score (nSPS) is 15.9. The molecule has 0 aromatic heterocycles. The zero-order chi connectivity index (χ0) is 8.85. The van der Waals surface area contributed by atoms with E-state index < -0.39 is 18.1 Å². The lowest BCUT2D eigenvalue weighted by molar-refractivity contribution is -0.147. The van der Waals surface area contributed by atoms with Crippen molar-refractivity contribution in [1.29, 1.82) is 0 Å². The van der Waals surface area contributed by atoms with Crippen LogP contribution in [0.15, 0.2) is 0 Å². The summed E-state index contributed by atoms with van der Waals surface area (Å²) in [4.78, 5) is 10.2. The molecule has 0 aromatic carbocycles. The summed E-state index contributed by atoms with van der Waals surface area (Å²) in [6.07, 6.45) is 0.955. The van der Waals surface area contributed by atoms with Gasteiger partial charge in [-0.3, -0.25) is 0 Å². The second kappa shape index (κ2) is 5.09. The number of hydrogen-bond acceptors (Lipinski definition) is 3. The first-order valence-corrected chi connectivity index (χ1v) is 3.76. The Morgan fingerprint density at radius 2 is 2.18 bits per heavy atom. The van der Waals surface area contributed by atoms with Crippen LogP contribution in [0, 0.1) is 0 Å². The molecule has 0 bridgehead atoms. The summed E-state index contributed by atoms with van der Waals surface area (Å²) < 4.78 is 0. The van der Waals surface area contributed by atoms with Crippen molar-refractivity contribution < 1.29 is 15.0 Å². The number of carbonyl (C=O) groups is 1. The van der Waals surface area contributed by atoms with Crippen LogP contribution >= 0.6 is 0 Å². The zero-order valence-corrected chi connectivity index (χ0v) is 6.66. The number of unbranched alkanes of at least 4 members (excludes halogenated alkanes) is 1. The van der Waals surface area contributed by atoms with Crippen LogP contribution < -0.4 is 5.73 Å². The lowest BCUT2D eigenvalue weighted by Gasteiger charge is -2.13. The number of aliphatic hydroxyl groups excluding tert-OH is 1. The highest BCUT2D eigenvalue weighted by molar-refractivity contribution is 5.72. The smallest absolute Gasteiger partial charge is 0.334 e. The van der Waals surface area contributed by atoms with Gasteiger partial charge in [0.25, 0.3) is 0 Å². The van der Waals surface area contributed by atoms with Crippen LogP contribution in [0.5, 0.6) is 0 Å². The van der Waals surface area contributed by atoms with Crippen molar-refractivity contribution in [2.24, 2.45) is 5.73 Å². The molecule has 2 unspecified atom stereocenters. The number of carboxylic acid groups (broad SMARTS) is 1. The molecule has 0 amide bonds. The highest BCUT2D eigenvalue weighted by Crippen LogP contribution is 2.02. The van der Waals surface area contributed by atoms with Gasteiger partial charge < -0.3 is 15.9 Å². The maximum Gasteiger partial charge on any atom is 0.334 e. The predicted molar refractivity (Wildman–Crippen MR) is 41.1 cm³/mol. The van der Waals surface area contributed by atoms with E-state index in [2.05, 4.69) is 0 Å². The fraction of sp³-hybridized carbons (Fsp3) is 0.857. The number of carboxylic acids is 1. The Hall–Kier alpha value is -0.610. The van der Waals surface area contributed by atoms with Crippen LogP contribution in [-0.4, -0.2) is 28.3 Å². The second-order valence-corrected chi connectivity index (χ2v) is 2.59. The quantitative estimate of drug-likeness (QED) is 0.528. The summed E-state index contributed by atoms with van der Waals surface area (Å²) >= 11 is 0. The molecule has 66 valence electrons. The van der Waals surface area contributed by atoms with Crippen molar-refractivity contribution in [1.82, 2.24) is 0 Å². The molecule has 4 N–H and O–H groups in total. The molecule has 0 rings (SSSR count). The molecule has 4 nitrogen and oxygen atoms in total. The average molecular weight is 161 g/mol. The highest BCUT2D eigenvalue weighted by atomic mass is 16.4. The first-order valence-electron chi connectivity index (χ1n) is 3.76. The van der Waals surface area contributed by atoms with Gasteiger partial charge in [-0.05, 0) is 6.42 Å². The molecule has 0 radical (unpaired) electrons. The van der Waals surface area contributed by atoms with E-state index in [1.54, 1.807) is 0 Å². The van der Waals surface area contributed by atoms with Crippen LogP contribution in [0.2, 0.25) is 0 Å². The number of aliphatic hydroxyl groups is 1. The monoisotopic (exact) mass is 161 g/mol. The van der Waals surface area contributed by atoms with E-state index in [0.29, 0.717) is 6.42 Å². The lowest BCUT2D eigenvalue weighted by Crippen LogP contribution is -2.40. The molecule has 2 atom stereocenters. The van der Waals surface area contributed by atoms with Crippen molar-refractivity contribution in [3.8, 4) is 0 Å². The van der Waals surface area contributed by atoms with Gasteiger partial charge in [0.1, 0.15) is 0 Å². The Balaban J connectivity index is 3.63. The van der Waals surface area contributed by atoms with Crippen molar-refractivity contribution in [2.45, 2.75) is 38.3 Å². The highest BCUT2D eigenvalue weighted by Gasteiger charge is 2.20. The molecule has 0 aliphatic rings. The molecule has 0 heterocycles. The lowest BCUT2D eigenvalue weighted by atomic mass is 10.1. The summed E-state index contributed by atoms with van der Waals surface area (Å²) in [5.41, 5.74) is 5.37. The van der Waals surface area contributed by atoms with Crippen molar-refractivity contribution in [3.63, 3.8) is 0 Å². The predicted octanol–water partition coefficient (Wildman–Crippen LogP) is -0.0506. The van der Waals surface area contributed by atoms with E-state index >= 15 is 0 Å². The largest absolute Gasteiger partial charge is 0.479 e. The zero-order valence-electron chi connectivity index (χ0n) is 6.66. The average Bonchev–Trinajstić information content (AvgIpc) is 1.98. The number of nitrogens with two attached hydrogens (primary N) is 1. The number of aliphatic carboxylic acids is 1. The molecule has 11 heavy (non-hydrogen) atoms. The number of rotatable bonds is 5. The van der Waals surface area contributed by atoms with E-state index in [9.17, 15) is 4.79 Å². The Morgan fingerprint density at radius 1 is 1.64 bits per heavy atom. The van der Waals surface area contributed by atoms with Gasteiger partial charge in [0.05, 0.1) is 0 Å². The van der Waals surface area contributed by atoms with E-state index in [1.807, 2.05) is 6.92 Å². The maximum absolute atomic E-state index is 10.2. The van der Waals surface area contributed by atoms with Gasteiger partial charge in [-0.15, -0.1) is 0 Å². The molecular formula is C7H15NO3. The third-order valence-corrected chi connectivity index (χ3v) is 1.55. The first-order chi connectivity index (χ1) is 5.09. The van der Waals surface area contributed by atoms with Crippen LogP contribution in [-0.2, 0) is 4.79 Å². The van der Waals surface area contributed by atoms with Gasteiger partial charge in [-0.1, -0.05) is 19.8 Å². The fourth-order valence-electron chi connectivity index (χ4n) is 0.781. The molecule has 4 heteroatoms. The molecule has 0 spiro atoms. The van der Waals surface area contributed by atoms with E-state index in [0.717, 1.165) is 12.8 Å². The molecule has 0 aliphatic carbocycles. The molecule has 0 aromatic rings. The summed E-state index contributed by atoms with van der Waals surface area (Å²) in [5.74, 6) is -1.24.